The van der Waals surface area contributed by atoms with Gasteiger partial charge in [-0.2, -0.15) is 0 Å². The highest BCUT2D eigenvalue weighted by Gasteiger charge is 2.33. The molecule has 2 amide bonds. The summed E-state index contributed by atoms with van der Waals surface area (Å²) in [6, 6.07) is 15.7. The monoisotopic (exact) mass is 452 g/mol. The van der Waals surface area contributed by atoms with Crippen molar-refractivity contribution in [3.63, 3.8) is 0 Å². The third-order valence-corrected chi connectivity index (χ3v) is 6.80. The van der Waals surface area contributed by atoms with Crippen molar-refractivity contribution >= 4 is 18.0 Å². The smallest absolute Gasteiger partial charge is 0.407 e. The summed E-state index contributed by atoms with van der Waals surface area (Å²) in [5, 5.41) is 14.8. The Morgan fingerprint density at radius 1 is 1.03 bits per heavy atom. The molecule has 33 heavy (non-hydrogen) atoms. The number of hydrogen-bond donors (Lipinski definition) is 3. The quantitative estimate of drug-likeness (QED) is 0.530. The number of carbonyl (C=O) groups is 3. The van der Waals surface area contributed by atoms with Gasteiger partial charge < -0.3 is 20.5 Å². The maximum absolute atomic E-state index is 12.5. The summed E-state index contributed by atoms with van der Waals surface area (Å²) < 4.78 is 5.54. The molecule has 3 rings (SSSR count). The van der Waals surface area contributed by atoms with Crippen LogP contribution in [0, 0.1) is 11.3 Å². The largest absolute Gasteiger partial charge is 0.481 e. The summed E-state index contributed by atoms with van der Waals surface area (Å²) in [7, 11) is 0. The molecule has 7 heteroatoms. The number of aliphatic carboxylic acids is 1. The Kier molecular flexibility index (Phi) is 7.41. The van der Waals surface area contributed by atoms with Gasteiger partial charge in [0.25, 0.3) is 0 Å². The molecule has 2 aromatic carbocycles. The van der Waals surface area contributed by atoms with Crippen LogP contribution in [0.15, 0.2) is 48.5 Å². The summed E-state index contributed by atoms with van der Waals surface area (Å²) in [6.45, 7) is 7.00. The van der Waals surface area contributed by atoms with Crippen LogP contribution < -0.4 is 10.6 Å². The van der Waals surface area contributed by atoms with E-state index >= 15 is 0 Å². The zero-order valence-corrected chi connectivity index (χ0v) is 19.6. The second-order valence-corrected chi connectivity index (χ2v) is 8.98. The fourth-order valence-corrected chi connectivity index (χ4v) is 3.97. The van der Waals surface area contributed by atoms with E-state index in [4.69, 9.17) is 4.74 Å². The van der Waals surface area contributed by atoms with Gasteiger partial charge in [0.2, 0.25) is 5.91 Å². The molecule has 0 saturated carbocycles. The minimum atomic E-state index is -1.03. The molecule has 0 spiro atoms. The van der Waals surface area contributed by atoms with Crippen molar-refractivity contribution in [3.8, 4) is 11.1 Å². The van der Waals surface area contributed by atoms with Crippen molar-refractivity contribution in [2.75, 3.05) is 13.2 Å². The number of hydrogen-bond acceptors (Lipinski definition) is 4. The lowest BCUT2D eigenvalue weighted by atomic mass is 9.87. The average molecular weight is 453 g/mol. The first-order valence-corrected chi connectivity index (χ1v) is 11.3. The average Bonchev–Trinajstić information content (AvgIpc) is 3.14. The highest BCUT2D eigenvalue weighted by molar-refractivity contribution is 5.82. The predicted molar refractivity (Wildman–Crippen MR) is 126 cm³/mol. The van der Waals surface area contributed by atoms with E-state index in [9.17, 15) is 19.5 Å². The number of amides is 2. The van der Waals surface area contributed by atoms with Crippen LogP contribution in [0.1, 0.15) is 51.2 Å². The van der Waals surface area contributed by atoms with Crippen LogP contribution in [0.2, 0.25) is 0 Å². The van der Waals surface area contributed by atoms with Crippen LogP contribution in [-0.4, -0.2) is 42.3 Å². The molecule has 3 atom stereocenters. The van der Waals surface area contributed by atoms with Gasteiger partial charge in [0.15, 0.2) is 0 Å². The number of benzene rings is 2. The molecular formula is C26H32N2O5. The number of rotatable bonds is 9. The van der Waals surface area contributed by atoms with Gasteiger partial charge in [-0.05, 0) is 42.5 Å². The Balaban J connectivity index is 1.55. The van der Waals surface area contributed by atoms with Crippen molar-refractivity contribution in [1.29, 1.82) is 0 Å². The van der Waals surface area contributed by atoms with Crippen molar-refractivity contribution in [3.05, 3.63) is 59.7 Å². The Hall–Kier alpha value is -3.35. The van der Waals surface area contributed by atoms with Crippen LogP contribution >= 0.6 is 0 Å². The van der Waals surface area contributed by atoms with E-state index in [1.165, 1.54) is 0 Å². The lowest BCUT2D eigenvalue weighted by Crippen LogP contribution is -2.47. The first-order chi connectivity index (χ1) is 15.7. The summed E-state index contributed by atoms with van der Waals surface area (Å²) in [6.07, 6.45) is -0.196. The zero-order chi connectivity index (χ0) is 24.2. The van der Waals surface area contributed by atoms with Gasteiger partial charge in [-0.3, -0.25) is 9.59 Å². The van der Waals surface area contributed by atoms with E-state index in [1.54, 1.807) is 27.7 Å². The predicted octanol–water partition coefficient (Wildman–Crippen LogP) is 4.17. The number of ether oxygens (including phenoxy) is 1. The molecule has 3 unspecified atom stereocenters. The number of nitrogens with one attached hydrogen (secondary N) is 2. The van der Waals surface area contributed by atoms with Crippen LogP contribution in [0.3, 0.4) is 0 Å². The molecule has 0 fully saturated rings. The maximum Gasteiger partial charge on any atom is 0.407 e. The number of fused-ring (bicyclic) bond motifs is 3. The zero-order valence-electron chi connectivity index (χ0n) is 19.6. The number of carboxylic acids is 1. The highest BCUT2D eigenvalue weighted by atomic mass is 16.5. The molecule has 176 valence electrons. The number of alkyl carbamates (subject to hydrolysis) is 1. The van der Waals surface area contributed by atoms with Gasteiger partial charge in [0, 0.05) is 18.5 Å². The number of carbonyl (C=O) groups excluding carboxylic acids is 2. The lowest BCUT2D eigenvalue weighted by Gasteiger charge is -2.26. The Bertz CT molecular complexity index is 991. The molecule has 0 aliphatic heterocycles. The van der Waals surface area contributed by atoms with Gasteiger partial charge in [0.05, 0.1) is 11.3 Å². The van der Waals surface area contributed by atoms with Crippen molar-refractivity contribution in [2.45, 2.75) is 46.1 Å². The van der Waals surface area contributed by atoms with Crippen LogP contribution in [0.4, 0.5) is 4.79 Å². The fraction of sp³-hybridized carbons (Fsp3) is 0.423. The Labute approximate surface area is 194 Å². The molecule has 0 radical (unpaired) electrons. The molecule has 1 aliphatic carbocycles. The molecular weight excluding hydrogens is 420 g/mol. The van der Waals surface area contributed by atoms with Gasteiger partial charge in [-0.1, -0.05) is 62.4 Å². The van der Waals surface area contributed by atoms with Crippen LogP contribution in [0.25, 0.3) is 11.1 Å². The molecule has 2 aromatic rings. The SMILES string of the molecule is CCC(C)(CNC(=O)C(C)C(C)NC(=O)OCC1c2ccccc2-c2ccccc21)C(=O)O. The normalized spacial score (nSPS) is 16.0. The van der Waals surface area contributed by atoms with E-state index in [2.05, 4.69) is 34.9 Å². The van der Waals surface area contributed by atoms with Crippen LogP contribution in [0.5, 0.6) is 0 Å². The molecule has 1 aliphatic rings. The second kappa shape index (κ2) is 10.1. The summed E-state index contributed by atoms with van der Waals surface area (Å²) in [4.78, 5) is 36.4. The van der Waals surface area contributed by atoms with E-state index < -0.39 is 29.4 Å². The summed E-state index contributed by atoms with van der Waals surface area (Å²) in [5.41, 5.74) is 3.54. The minimum Gasteiger partial charge on any atom is -0.481 e. The minimum absolute atomic E-state index is 0.0275. The first kappa shape index (κ1) is 24.3. The molecule has 7 nitrogen and oxygen atoms in total. The molecule has 0 bridgehead atoms. The number of carboxylic acid groups (broad SMARTS) is 1. The summed E-state index contributed by atoms with van der Waals surface area (Å²) in [5.74, 6) is -1.87. The topological polar surface area (TPSA) is 105 Å². The van der Waals surface area contributed by atoms with Crippen LogP contribution in [-0.2, 0) is 14.3 Å². The van der Waals surface area contributed by atoms with Gasteiger partial charge in [-0.25, -0.2) is 4.79 Å². The molecule has 3 N–H and O–H groups in total. The third-order valence-electron chi connectivity index (χ3n) is 6.80. The third kappa shape index (κ3) is 5.18. The first-order valence-electron chi connectivity index (χ1n) is 11.3. The summed E-state index contributed by atoms with van der Waals surface area (Å²) >= 11 is 0. The Morgan fingerprint density at radius 2 is 1.58 bits per heavy atom. The van der Waals surface area contributed by atoms with E-state index in [0.29, 0.717) is 6.42 Å². The lowest BCUT2D eigenvalue weighted by molar-refractivity contribution is -0.148. The second-order valence-electron chi connectivity index (χ2n) is 8.98. The standard InChI is InChI=1S/C26H32N2O5/c1-5-26(4,24(30)31)15-27-23(29)16(2)17(3)28-25(32)33-14-22-20-12-8-6-10-18(20)19-11-7-9-13-21(19)22/h6-13,16-17,22H,5,14-15H2,1-4H3,(H,27,29)(H,28,32)(H,30,31). The molecule has 0 aromatic heterocycles. The van der Waals surface area contributed by atoms with Gasteiger partial charge in [0.1, 0.15) is 6.61 Å². The van der Waals surface area contributed by atoms with Gasteiger partial charge in [-0.15, -0.1) is 0 Å². The van der Waals surface area contributed by atoms with E-state index in [0.717, 1.165) is 22.3 Å². The fourth-order valence-electron chi connectivity index (χ4n) is 3.97. The van der Waals surface area contributed by atoms with Crippen molar-refractivity contribution in [2.24, 2.45) is 11.3 Å². The maximum atomic E-state index is 12.5. The molecule has 0 heterocycles. The van der Waals surface area contributed by atoms with Crippen molar-refractivity contribution < 1.29 is 24.2 Å². The van der Waals surface area contributed by atoms with Gasteiger partial charge >= 0.3 is 12.1 Å². The van der Waals surface area contributed by atoms with E-state index in [-0.39, 0.29) is 25.0 Å². The highest BCUT2D eigenvalue weighted by Crippen LogP contribution is 2.44. The Morgan fingerprint density at radius 3 is 2.09 bits per heavy atom. The van der Waals surface area contributed by atoms with E-state index in [1.807, 2.05) is 24.3 Å². The van der Waals surface area contributed by atoms with Crippen molar-refractivity contribution in [1.82, 2.24) is 10.6 Å². The molecule has 0 saturated heterocycles.